The summed E-state index contributed by atoms with van der Waals surface area (Å²) >= 11 is 0. The first kappa shape index (κ1) is 23.1. The first-order chi connectivity index (χ1) is 13.8. The molecule has 3 N–H and O–H groups in total. The second kappa shape index (κ2) is 11.1. The van der Waals surface area contributed by atoms with Gasteiger partial charge in [-0.15, -0.1) is 0 Å². The van der Waals surface area contributed by atoms with Crippen molar-refractivity contribution in [1.82, 2.24) is 0 Å². The molecule has 7 heteroatoms. The van der Waals surface area contributed by atoms with E-state index < -0.39 is 29.7 Å². The van der Waals surface area contributed by atoms with E-state index in [4.69, 9.17) is 14.6 Å². The van der Waals surface area contributed by atoms with Crippen molar-refractivity contribution in [3.05, 3.63) is 42.5 Å². The van der Waals surface area contributed by atoms with Gasteiger partial charge in [0, 0.05) is 18.8 Å². The average molecular weight is 406 g/mol. The number of Topliss-reactive ketones (excluding diaryl/α,β-unsaturated/α-hetero) is 1. The molecule has 0 spiro atoms. The highest BCUT2D eigenvalue weighted by molar-refractivity contribution is 5.85. The van der Waals surface area contributed by atoms with E-state index in [0.29, 0.717) is 25.0 Å². The first-order valence-electron chi connectivity index (χ1n) is 9.88. The molecule has 1 aliphatic carbocycles. The molecule has 0 heterocycles. The Morgan fingerprint density at radius 3 is 2.66 bits per heavy atom. The molecular weight excluding hydrogens is 376 g/mol. The van der Waals surface area contributed by atoms with Gasteiger partial charge in [0.2, 0.25) is 0 Å². The maximum absolute atomic E-state index is 12.2. The number of ketones is 1. The largest absolute Gasteiger partial charge is 0.491 e. The zero-order chi connectivity index (χ0) is 21.3. The number of carboxylic acid groups (broad SMARTS) is 1. The van der Waals surface area contributed by atoms with Gasteiger partial charge in [0.25, 0.3) is 0 Å². The quantitative estimate of drug-likeness (QED) is 0.361. The van der Waals surface area contributed by atoms with Crippen LogP contribution in [0.25, 0.3) is 0 Å². The molecule has 1 saturated carbocycles. The fourth-order valence-corrected chi connectivity index (χ4v) is 3.22. The number of carbonyl (C=O) groups excluding carboxylic acids is 1. The van der Waals surface area contributed by atoms with Crippen LogP contribution in [0.15, 0.2) is 42.5 Å². The molecule has 2 rings (SSSR count). The molecule has 0 bridgehead atoms. The molecule has 1 aromatic carbocycles. The summed E-state index contributed by atoms with van der Waals surface area (Å²) in [6, 6.07) is 9.11. The van der Waals surface area contributed by atoms with E-state index in [2.05, 4.69) is 0 Å². The number of carbonyl (C=O) groups is 2. The van der Waals surface area contributed by atoms with E-state index >= 15 is 0 Å². The summed E-state index contributed by atoms with van der Waals surface area (Å²) in [7, 11) is 0. The SMILES string of the molecule is CC(O)(COc1ccccc1)COC1C(O)CC(=O)C1CC=CCCCC(=O)O. The Morgan fingerprint density at radius 1 is 1.24 bits per heavy atom. The fourth-order valence-electron chi connectivity index (χ4n) is 3.22. The molecule has 0 aromatic heterocycles. The summed E-state index contributed by atoms with van der Waals surface area (Å²) in [5.41, 5.74) is -1.28. The first-order valence-corrected chi connectivity index (χ1v) is 9.88. The summed E-state index contributed by atoms with van der Waals surface area (Å²) < 4.78 is 11.3. The lowest BCUT2D eigenvalue weighted by Crippen LogP contribution is -2.41. The highest BCUT2D eigenvalue weighted by Gasteiger charge is 2.42. The van der Waals surface area contributed by atoms with E-state index in [9.17, 15) is 19.8 Å². The lowest BCUT2D eigenvalue weighted by atomic mass is 9.99. The van der Waals surface area contributed by atoms with Crippen LogP contribution < -0.4 is 4.74 Å². The molecule has 160 valence electrons. The summed E-state index contributed by atoms with van der Waals surface area (Å²) in [5, 5.41) is 29.3. The molecule has 4 atom stereocenters. The number of benzene rings is 1. The minimum absolute atomic E-state index is 0.0158. The van der Waals surface area contributed by atoms with Crippen LogP contribution in [0.5, 0.6) is 5.75 Å². The molecule has 29 heavy (non-hydrogen) atoms. The normalized spacial score (nSPS) is 24.0. The minimum atomic E-state index is -1.28. The van der Waals surface area contributed by atoms with Gasteiger partial charge in [0.1, 0.15) is 23.7 Å². The van der Waals surface area contributed by atoms with Crippen LogP contribution in [0, 0.1) is 5.92 Å². The summed E-state index contributed by atoms with van der Waals surface area (Å²) in [4.78, 5) is 22.7. The van der Waals surface area contributed by atoms with Gasteiger partial charge in [-0.3, -0.25) is 9.59 Å². The van der Waals surface area contributed by atoms with Gasteiger partial charge >= 0.3 is 5.97 Å². The Labute approximate surface area is 171 Å². The number of ether oxygens (including phenoxy) is 2. The second-order valence-corrected chi connectivity index (χ2v) is 7.71. The van der Waals surface area contributed by atoms with Gasteiger partial charge in [0.05, 0.1) is 18.8 Å². The monoisotopic (exact) mass is 406 g/mol. The van der Waals surface area contributed by atoms with Crippen LogP contribution in [0.2, 0.25) is 0 Å². The summed E-state index contributed by atoms with van der Waals surface area (Å²) in [6.07, 6.45) is 3.80. The van der Waals surface area contributed by atoms with Gasteiger partial charge < -0.3 is 24.8 Å². The summed E-state index contributed by atoms with van der Waals surface area (Å²) in [6.45, 7) is 1.52. The molecule has 0 saturated heterocycles. The minimum Gasteiger partial charge on any atom is -0.491 e. The molecule has 7 nitrogen and oxygen atoms in total. The van der Waals surface area contributed by atoms with Gasteiger partial charge in [-0.2, -0.15) is 0 Å². The number of unbranched alkanes of at least 4 members (excludes halogenated alkanes) is 1. The second-order valence-electron chi connectivity index (χ2n) is 7.71. The molecule has 0 amide bonds. The van der Waals surface area contributed by atoms with Gasteiger partial charge in [-0.25, -0.2) is 0 Å². The van der Waals surface area contributed by atoms with E-state index in [1.54, 1.807) is 19.1 Å². The number of carboxylic acids is 1. The van der Waals surface area contributed by atoms with Gasteiger partial charge in [-0.1, -0.05) is 30.4 Å². The van der Waals surface area contributed by atoms with Crippen molar-refractivity contribution in [2.75, 3.05) is 13.2 Å². The fraction of sp³-hybridized carbons (Fsp3) is 0.545. The van der Waals surface area contributed by atoms with Crippen molar-refractivity contribution in [2.45, 2.75) is 56.8 Å². The van der Waals surface area contributed by atoms with Crippen molar-refractivity contribution in [2.24, 2.45) is 5.92 Å². The molecule has 0 aliphatic heterocycles. The highest BCUT2D eigenvalue weighted by atomic mass is 16.5. The van der Waals surface area contributed by atoms with E-state index in [-0.39, 0.29) is 31.8 Å². The Balaban J connectivity index is 1.82. The lowest BCUT2D eigenvalue weighted by molar-refractivity contribution is -0.137. The van der Waals surface area contributed by atoms with E-state index in [0.717, 1.165) is 0 Å². The van der Waals surface area contributed by atoms with Crippen LogP contribution in [0.3, 0.4) is 0 Å². The topological polar surface area (TPSA) is 113 Å². The number of hydrogen-bond donors (Lipinski definition) is 3. The number of rotatable bonds is 12. The third kappa shape index (κ3) is 7.97. The van der Waals surface area contributed by atoms with Crippen LogP contribution in [0.4, 0.5) is 0 Å². The van der Waals surface area contributed by atoms with Crippen LogP contribution in [0.1, 0.15) is 39.0 Å². The number of hydrogen-bond acceptors (Lipinski definition) is 6. The van der Waals surface area contributed by atoms with Gasteiger partial charge in [0.15, 0.2) is 0 Å². The van der Waals surface area contributed by atoms with Crippen molar-refractivity contribution >= 4 is 11.8 Å². The summed E-state index contributed by atoms with van der Waals surface area (Å²) in [5.74, 6) is -0.747. The lowest BCUT2D eigenvalue weighted by Gasteiger charge is -2.28. The zero-order valence-corrected chi connectivity index (χ0v) is 16.7. The predicted octanol–water partition coefficient (Wildman–Crippen LogP) is 2.35. The Hall–Kier alpha value is -2.22. The maximum Gasteiger partial charge on any atom is 0.303 e. The van der Waals surface area contributed by atoms with Crippen LogP contribution >= 0.6 is 0 Å². The molecule has 4 unspecified atom stereocenters. The molecule has 1 aliphatic rings. The Morgan fingerprint density at radius 2 is 1.97 bits per heavy atom. The number of para-hydroxylation sites is 1. The Bertz CT molecular complexity index is 684. The number of allylic oxidation sites excluding steroid dienone is 2. The highest BCUT2D eigenvalue weighted by Crippen LogP contribution is 2.30. The smallest absolute Gasteiger partial charge is 0.303 e. The van der Waals surface area contributed by atoms with Crippen molar-refractivity contribution < 1.29 is 34.4 Å². The third-order valence-corrected chi connectivity index (χ3v) is 4.80. The number of aliphatic hydroxyl groups is 2. The van der Waals surface area contributed by atoms with Crippen molar-refractivity contribution in [3.63, 3.8) is 0 Å². The Kier molecular flexibility index (Phi) is 8.82. The standard InChI is InChI=1S/C22H30O7/c1-22(27,14-28-16-9-5-4-6-10-16)15-29-21-17(18(23)13-19(21)24)11-7-2-3-8-12-20(25)26/h2,4-7,9-10,17,19,21,24,27H,3,8,11-15H2,1H3,(H,25,26). The van der Waals surface area contributed by atoms with Crippen LogP contribution in [-0.4, -0.2) is 58.1 Å². The van der Waals surface area contributed by atoms with E-state index in [1.807, 2.05) is 30.4 Å². The average Bonchev–Trinajstić information content (AvgIpc) is 2.94. The number of aliphatic carboxylic acids is 1. The molecular formula is C22H30O7. The number of aliphatic hydroxyl groups excluding tert-OH is 1. The molecule has 1 fully saturated rings. The maximum atomic E-state index is 12.2. The van der Waals surface area contributed by atoms with Crippen LogP contribution in [-0.2, 0) is 14.3 Å². The van der Waals surface area contributed by atoms with Crippen molar-refractivity contribution in [1.29, 1.82) is 0 Å². The molecule has 1 aromatic rings. The van der Waals surface area contributed by atoms with Gasteiger partial charge in [-0.05, 0) is 38.3 Å². The van der Waals surface area contributed by atoms with Crippen molar-refractivity contribution in [3.8, 4) is 5.75 Å². The predicted molar refractivity (Wildman–Crippen MR) is 107 cm³/mol. The third-order valence-electron chi connectivity index (χ3n) is 4.80. The molecule has 0 radical (unpaired) electrons. The van der Waals surface area contributed by atoms with E-state index in [1.165, 1.54) is 0 Å². The zero-order valence-electron chi connectivity index (χ0n) is 16.7.